The fourth-order valence-electron chi connectivity index (χ4n) is 12.5. The van der Waals surface area contributed by atoms with Crippen molar-refractivity contribution >= 4 is 22.4 Å². The highest BCUT2D eigenvalue weighted by Gasteiger charge is 2.72. The van der Waals surface area contributed by atoms with E-state index < -0.39 is 5.60 Å². The molecule has 5 fully saturated rings. The standard InChI is InChI=1S/C36H57N3O4S/c1-31(2)24-12-15-34(6)25(33(24,5)19-23-28(31)38-30(44-23)39-29(41)21-10-9-17-37-21)18-22(40)27-20(11-14-35(27,34)7)36(8)16-13-26(43-36)32(3,4)42/h20-22,24-27,37,40,42H,9-19H2,1-8H3,(H,38,39,41)/t20-,21+,22+,24-,25+,26+,27-,33-,34+,35+,36-/m0/s1. The lowest BCUT2D eigenvalue weighted by Crippen LogP contribution is -2.66. The number of amides is 1. The van der Waals surface area contributed by atoms with Crippen molar-refractivity contribution in [2.24, 2.45) is 39.9 Å². The van der Waals surface area contributed by atoms with E-state index in [9.17, 15) is 15.0 Å². The molecule has 6 aliphatic rings. The van der Waals surface area contributed by atoms with Crippen LogP contribution in [0.15, 0.2) is 0 Å². The molecule has 0 bridgehead atoms. The van der Waals surface area contributed by atoms with Gasteiger partial charge in [-0.25, -0.2) is 4.98 Å². The lowest BCUT2D eigenvalue weighted by Gasteiger charge is -2.69. The first-order valence-corrected chi connectivity index (χ1v) is 18.4. The van der Waals surface area contributed by atoms with Gasteiger partial charge in [-0.05, 0) is 131 Å². The summed E-state index contributed by atoms with van der Waals surface area (Å²) in [5.41, 5.74) is 0.0943. The molecule has 44 heavy (non-hydrogen) atoms. The molecule has 246 valence electrons. The number of rotatable bonds is 4. The topological polar surface area (TPSA) is 104 Å². The van der Waals surface area contributed by atoms with Crippen molar-refractivity contribution in [3.63, 3.8) is 0 Å². The molecule has 2 aliphatic heterocycles. The average Bonchev–Trinajstić information content (AvgIpc) is 3.71. The van der Waals surface area contributed by atoms with Gasteiger partial charge in [-0.3, -0.25) is 4.79 Å². The zero-order valence-corrected chi connectivity index (χ0v) is 29.2. The van der Waals surface area contributed by atoms with E-state index in [-0.39, 0.29) is 57.3 Å². The molecule has 0 spiro atoms. The Morgan fingerprint density at radius 1 is 1.02 bits per heavy atom. The number of thiazole rings is 1. The number of aliphatic hydroxyl groups excluding tert-OH is 1. The fourth-order valence-corrected chi connectivity index (χ4v) is 13.8. The van der Waals surface area contributed by atoms with Crippen LogP contribution in [0.25, 0.3) is 0 Å². The number of nitrogens with one attached hydrogen (secondary N) is 2. The molecule has 11 atom stereocenters. The molecule has 7 nitrogen and oxygen atoms in total. The second-order valence-electron chi connectivity index (χ2n) is 17.9. The van der Waals surface area contributed by atoms with Crippen molar-refractivity contribution in [2.75, 3.05) is 11.9 Å². The number of aliphatic hydroxyl groups is 2. The van der Waals surface area contributed by atoms with Crippen molar-refractivity contribution in [2.45, 2.75) is 154 Å². The van der Waals surface area contributed by atoms with Crippen molar-refractivity contribution in [3.8, 4) is 0 Å². The summed E-state index contributed by atoms with van der Waals surface area (Å²) in [6.45, 7) is 19.3. The van der Waals surface area contributed by atoms with E-state index in [2.05, 4.69) is 52.2 Å². The Morgan fingerprint density at radius 3 is 2.41 bits per heavy atom. The normalized spacial score (nSPS) is 47.9. The summed E-state index contributed by atoms with van der Waals surface area (Å²) in [5.74, 6) is 1.42. The monoisotopic (exact) mass is 627 g/mol. The Hall–Kier alpha value is -1.06. The van der Waals surface area contributed by atoms with Crippen LogP contribution in [0.1, 0.15) is 124 Å². The minimum atomic E-state index is -0.853. The first kappa shape index (κ1) is 31.5. The second kappa shape index (κ2) is 9.98. The molecule has 1 aromatic rings. The smallest absolute Gasteiger partial charge is 0.243 e. The lowest BCUT2D eigenvalue weighted by molar-refractivity contribution is -0.227. The van der Waals surface area contributed by atoms with Crippen molar-refractivity contribution in [3.05, 3.63) is 10.6 Å². The lowest BCUT2D eigenvalue weighted by atomic mass is 9.35. The summed E-state index contributed by atoms with van der Waals surface area (Å²) in [5, 5.41) is 30.2. The summed E-state index contributed by atoms with van der Waals surface area (Å²) < 4.78 is 6.74. The zero-order valence-electron chi connectivity index (χ0n) is 28.4. The maximum atomic E-state index is 13.0. The maximum absolute atomic E-state index is 13.0. The number of carbonyl (C=O) groups excluding carboxylic acids is 1. The Kier molecular flexibility index (Phi) is 7.15. The first-order valence-electron chi connectivity index (χ1n) is 17.6. The highest BCUT2D eigenvalue weighted by atomic mass is 32.1. The van der Waals surface area contributed by atoms with Crippen LogP contribution in [0.5, 0.6) is 0 Å². The van der Waals surface area contributed by atoms with Crippen LogP contribution in [-0.4, -0.2) is 57.1 Å². The molecule has 1 amide bonds. The molecule has 2 saturated heterocycles. The number of ether oxygens (including phenoxy) is 1. The van der Waals surface area contributed by atoms with Crippen molar-refractivity contribution in [1.29, 1.82) is 0 Å². The van der Waals surface area contributed by atoms with Gasteiger partial charge in [-0.2, -0.15) is 0 Å². The molecule has 4 aliphatic carbocycles. The summed E-state index contributed by atoms with van der Waals surface area (Å²) in [6.07, 6.45) is 9.60. The molecule has 0 unspecified atom stereocenters. The molecule has 1 aromatic heterocycles. The van der Waals surface area contributed by atoms with Gasteiger partial charge < -0.3 is 25.6 Å². The van der Waals surface area contributed by atoms with Gasteiger partial charge in [0.15, 0.2) is 5.13 Å². The number of nitrogens with zero attached hydrogens (tertiary/aromatic N) is 1. The first-order chi connectivity index (χ1) is 20.4. The van der Waals surface area contributed by atoms with E-state index in [0.717, 1.165) is 63.0 Å². The van der Waals surface area contributed by atoms with Crippen LogP contribution in [-0.2, 0) is 21.4 Å². The fraction of sp³-hybridized carbons (Fsp3) is 0.889. The quantitative estimate of drug-likeness (QED) is 0.317. The van der Waals surface area contributed by atoms with Gasteiger partial charge in [-0.1, -0.05) is 34.6 Å². The number of aromatic nitrogens is 1. The Balaban J connectivity index is 1.19. The third-order valence-electron chi connectivity index (χ3n) is 14.9. The third-order valence-corrected chi connectivity index (χ3v) is 15.8. The predicted molar refractivity (Wildman–Crippen MR) is 175 cm³/mol. The summed E-state index contributed by atoms with van der Waals surface area (Å²) in [6, 6.07) is -0.115. The molecule has 0 radical (unpaired) electrons. The van der Waals surface area contributed by atoms with E-state index in [1.54, 1.807) is 11.3 Å². The summed E-state index contributed by atoms with van der Waals surface area (Å²) in [7, 11) is 0. The van der Waals surface area contributed by atoms with Crippen molar-refractivity contribution < 1.29 is 19.7 Å². The minimum Gasteiger partial charge on any atom is -0.393 e. The Bertz CT molecular complexity index is 1320. The van der Waals surface area contributed by atoms with Crippen LogP contribution in [0, 0.1) is 39.9 Å². The third kappa shape index (κ3) is 4.32. The SMILES string of the molecule is CC(C)(O)[C@H]1CC[C@@](C)([C@H]2CC[C@]3(C)[C@@H]2[C@H](O)C[C@@H]2[C@@]4(C)Cc5sc(NC(=O)[C@H]6CCCN6)nc5C(C)(C)[C@@H]4CC[C@]23C)O1. The Morgan fingerprint density at radius 2 is 1.75 bits per heavy atom. The zero-order chi connectivity index (χ0) is 31.7. The number of anilines is 1. The molecule has 0 aromatic carbocycles. The van der Waals surface area contributed by atoms with Gasteiger partial charge in [-0.15, -0.1) is 11.3 Å². The second-order valence-corrected chi connectivity index (χ2v) is 19.0. The number of hydrogen-bond acceptors (Lipinski definition) is 7. The van der Waals surface area contributed by atoms with Crippen LogP contribution in [0.4, 0.5) is 5.13 Å². The van der Waals surface area contributed by atoms with Crippen molar-refractivity contribution in [1.82, 2.24) is 10.3 Å². The van der Waals surface area contributed by atoms with E-state index in [1.165, 1.54) is 23.4 Å². The molecular formula is C36H57N3O4S. The van der Waals surface area contributed by atoms with Gasteiger partial charge in [0.05, 0.1) is 35.1 Å². The number of hydrogen-bond donors (Lipinski definition) is 4. The maximum Gasteiger partial charge on any atom is 0.243 e. The average molecular weight is 628 g/mol. The van der Waals surface area contributed by atoms with Gasteiger partial charge in [0, 0.05) is 10.3 Å². The van der Waals surface area contributed by atoms with E-state index in [1.807, 2.05) is 13.8 Å². The highest BCUT2D eigenvalue weighted by Crippen LogP contribution is 2.76. The molecule has 3 heterocycles. The highest BCUT2D eigenvalue weighted by molar-refractivity contribution is 7.15. The molecular weight excluding hydrogens is 570 g/mol. The molecule has 8 heteroatoms. The number of carbonyl (C=O) groups is 1. The largest absolute Gasteiger partial charge is 0.393 e. The van der Waals surface area contributed by atoms with Crippen LogP contribution >= 0.6 is 11.3 Å². The molecule has 4 N–H and O–H groups in total. The summed E-state index contributed by atoms with van der Waals surface area (Å²) in [4.78, 5) is 19.4. The van der Waals surface area contributed by atoms with Crippen LogP contribution < -0.4 is 10.6 Å². The van der Waals surface area contributed by atoms with E-state index >= 15 is 0 Å². The van der Waals surface area contributed by atoms with Crippen LogP contribution in [0.3, 0.4) is 0 Å². The van der Waals surface area contributed by atoms with Gasteiger partial charge in [0.2, 0.25) is 5.91 Å². The van der Waals surface area contributed by atoms with E-state index in [0.29, 0.717) is 17.8 Å². The predicted octanol–water partition coefficient (Wildman–Crippen LogP) is 6.21. The molecule has 3 saturated carbocycles. The summed E-state index contributed by atoms with van der Waals surface area (Å²) >= 11 is 1.69. The minimum absolute atomic E-state index is 0.0265. The van der Waals surface area contributed by atoms with Gasteiger partial charge in [0.25, 0.3) is 0 Å². The van der Waals surface area contributed by atoms with Gasteiger partial charge in [0.1, 0.15) is 0 Å². The van der Waals surface area contributed by atoms with Gasteiger partial charge >= 0.3 is 0 Å². The number of fused-ring (bicyclic) bond motifs is 6. The molecule has 7 rings (SSSR count). The van der Waals surface area contributed by atoms with E-state index in [4.69, 9.17) is 9.72 Å². The Labute approximate surface area is 268 Å². The van der Waals surface area contributed by atoms with Crippen LogP contribution in [0.2, 0.25) is 0 Å².